The van der Waals surface area contributed by atoms with Crippen molar-refractivity contribution in [3.8, 4) is 0 Å². The number of nitrogens with one attached hydrogen (secondary N) is 1. The first kappa shape index (κ1) is 53.2. The minimum atomic E-state index is -4.32. The van der Waals surface area contributed by atoms with Gasteiger partial charge in [0.1, 0.15) is 13.2 Å². The fourth-order valence-electron chi connectivity index (χ4n) is 6.80. The van der Waals surface area contributed by atoms with Gasteiger partial charge in [-0.3, -0.25) is 13.8 Å². The van der Waals surface area contributed by atoms with Crippen molar-refractivity contribution in [2.75, 3.05) is 40.9 Å². The summed E-state index contributed by atoms with van der Waals surface area (Å²) in [6, 6.07) is -0.803. The van der Waals surface area contributed by atoms with Crippen LogP contribution in [0.1, 0.15) is 219 Å². The van der Waals surface area contributed by atoms with Gasteiger partial charge in [-0.1, -0.05) is 199 Å². The number of carbonyl (C=O) groups is 1. The lowest BCUT2D eigenvalue weighted by molar-refractivity contribution is -0.870. The Morgan fingerprint density at radius 3 is 1.41 bits per heavy atom. The zero-order valence-electron chi connectivity index (χ0n) is 36.5. The summed E-state index contributed by atoms with van der Waals surface area (Å²) >= 11 is 0. The Hall–Kier alpha value is -0.760. The maximum atomic E-state index is 12.9. The lowest BCUT2D eigenvalue weighted by Crippen LogP contribution is -2.46. The van der Waals surface area contributed by atoms with Gasteiger partial charge in [0.15, 0.2) is 0 Å². The Kier molecular flexibility index (Phi) is 37.3. The van der Waals surface area contributed by atoms with E-state index in [1.807, 2.05) is 27.2 Å². The molecule has 0 heterocycles. The molecule has 54 heavy (non-hydrogen) atoms. The van der Waals surface area contributed by atoms with Gasteiger partial charge in [-0.05, 0) is 25.7 Å². The van der Waals surface area contributed by atoms with Crippen molar-refractivity contribution in [3.63, 3.8) is 0 Å². The van der Waals surface area contributed by atoms with Gasteiger partial charge in [-0.2, -0.15) is 0 Å². The molecule has 0 radical (unpaired) electrons. The minimum absolute atomic E-state index is 0.0674. The van der Waals surface area contributed by atoms with Crippen molar-refractivity contribution in [2.45, 2.75) is 231 Å². The van der Waals surface area contributed by atoms with Crippen LogP contribution in [0.4, 0.5) is 0 Å². The van der Waals surface area contributed by atoms with Gasteiger partial charge >= 0.3 is 7.82 Å². The molecular formula is C45H92N2O6P+. The number of phosphoric ester groups is 1. The van der Waals surface area contributed by atoms with E-state index in [9.17, 15) is 19.4 Å². The monoisotopic (exact) mass is 788 g/mol. The number of hydrogen-bond acceptors (Lipinski definition) is 5. The number of likely N-dealkylation sites (N-methyl/N-ethyl adjacent to an activating group) is 1. The van der Waals surface area contributed by atoms with E-state index < -0.39 is 20.0 Å². The zero-order chi connectivity index (χ0) is 40.0. The molecule has 0 aromatic heterocycles. The van der Waals surface area contributed by atoms with Gasteiger partial charge in [0.2, 0.25) is 5.91 Å². The van der Waals surface area contributed by atoms with Crippen molar-refractivity contribution in [2.24, 2.45) is 0 Å². The molecule has 3 atom stereocenters. The fourth-order valence-corrected chi connectivity index (χ4v) is 7.54. The van der Waals surface area contributed by atoms with E-state index in [1.165, 1.54) is 161 Å². The number of rotatable bonds is 42. The molecule has 0 aliphatic carbocycles. The van der Waals surface area contributed by atoms with Gasteiger partial charge in [0, 0.05) is 6.42 Å². The van der Waals surface area contributed by atoms with Crippen LogP contribution in [0.5, 0.6) is 0 Å². The van der Waals surface area contributed by atoms with E-state index in [-0.39, 0.29) is 19.1 Å². The molecule has 1 unspecified atom stereocenters. The van der Waals surface area contributed by atoms with Crippen LogP contribution in [-0.2, 0) is 18.4 Å². The third kappa shape index (κ3) is 39.5. The smallest absolute Gasteiger partial charge is 0.391 e. The number of allylic oxidation sites excluding steroid dienone is 1. The molecule has 0 rings (SSSR count). The second-order valence-electron chi connectivity index (χ2n) is 17.1. The Morgan fingerprint density at radius 2 is 1.00 bits per heavy atom. The lowest BCUT2D eigenvalue weighted by Gasteiger charge is -2.26. The number of quaternary nitrogens is 1. The highest BCUT2D eigenvalue weighted by Crippen LogP contribution is 2.43. The number of hydrogen-bond donors (Lipinski definition) is 3. The second-order valence-corrected chi connectivity index (χ2v) is 18.6. The van der Waals surface area contributed by atoms with Crippen molar-refractivity contribution in [3.05, 3.63) is 12.2 Å². The van der Waals surface area contributed by atoms with Crippen LogP contribution in [0.15, 0.2) is 12.2 Å². The molecule has 0 aliphatic heterocycles. The van der Waals surface area contributed by atoms with E-state index in [1.54, 1.807) is 0 Å². The summed E-state index contributed by atoms with van der Waals surface area (Å²) in [6.07, 6.45) is 42.6. The van der Waals surface area contributed by atoms with E-state index in [0.29, 0.717) is 23.9 Å². The summed E-state index contributed by atoms with van der Waals surface area (Å²) in [6.45, 7) is 4.85. The average Bonchev–Trinajstić information content (AvgIpc) is 3.12. The van der Waals surface area contributed by atoms with Crippen molar-refractivity contribution in [1.29, 1.82) is 0 Å². The Bertz CT molecular complexity index is 896. The molecule has 0 saturated carbocycles. The summed E-state index contributed by atoms with van der Waals surface area (Å²) in [7, 11) is 1.59. The molecule has 0 saturated heterocycles. The second kappa shape index (κ2) is 37.8. The number of nitrogens with zero attached hydrogens (tertiary/aromatic N) is 1. The number of phosphoric acid groups is 1. The highest BCUT2D eigenvalue weighted by Gasteiger charge is 2.28. The van der Waals surface area contributed by atoms with Gasteiger partial charge in [0.25, 0.3) is 0 Å². The van der Waals surface area contributed by atoms with Crippen molar-refractivity contribution in [1.82, 2.24) is 5.32 Å². The topological polar surface area (TPSA) is 105 Å². The number of carbonyl (C=O) groups excluding carboxylic acids is 1. The molecule has 0 bridgehead atoms. The molecule has 3 N–H and O–H groups in total. The maximum absolute atomic E-state index is 12.9. The number of amides is 1. The minimum Gasteiger partial charge on any atom is -0.391 e. The quantitative estimate of drug-likeness (QED) is 0.0246. The predicted molar refractivity (Wildman–Crippen MR) is 231 cm³/mol. The number of aliphatic hydroxyl groups is 1. The summed E-state index contributed by atoms with van der Waals surface area (Å²) in [5, 5.41) is 13.9. The van der Waals surface area contributed by atoms with E-state index in [0.717, 1.165) is 32.1 Å². The molecule has 0 fully saturated rings. The van der Waals surface area contributed by atoms with Crippen LogP contribution in [0.2, 0.25) is 0 Å². The molecule has 0 aromatic rings. The van der Waals surface area contributed by atoms with Gasteiger partial charge < -0.3 is 19.8 Å². The normalized spacial score (nSPS) is 14.4. The van der Waals surface area contributed by atoms with Gasteiger partial charge in [0.05, 0.1) is 39.9 Å². The third-order valence-electron chi connectivity index (χ3n) is 10.5. The SMILES string of the molecule is CCCCCCCCCCCCC=CC[C@@H](O)[C@H](COP(=O)(O)OCC[N+](C)(C)C)NC(=O)CCCCCCCCCCCCCCCCCCCCC. The average molecular weight is 788 g/mol. The first-order chi connectivity index (χ1) is 26.0. The van der Waals surface area contributed by atoms with Crippen LogP contribution < -0.4 is 5.32 Å². The van der Waals surface area contributed by atoms with E-state index in [4.69, 9.17) is 9.05 Å². The highest BCUT2D eigenvalue weighted by molar-refractivity contribution is 7.47. The molecule has 0 aromatic carbocycles. The summed E-state index contributed by atoms with van der Waals surface area (Å²) in [5.41, 5.74) is 0. The Balaban J connectivity index is 4.32. The Morgan fingerprint density at radius 1 is 0.611 bits per heavy atom. The van der Waals surface area contributed by atoms with Crippen molar-refractivity contribution < 1.29 is 32.9 Å². The van der Waals surface area contributed by atoms with Crippen LogP contribution in [-0.4, -0.2) is 73.4 Å². The summed E-state index contributed by atoms with van der Waals surface area (Å²) < 4.78 is 23.6. The first-order valence-corrected chi connectivity index (χ1v) is 24.5. The van der Waals surface area contributed by atoms with Crippen molar-refractivity contribution >= 4 is 13.7 Å². The molecule has 9 heteroatoms. The number of unbranched alkanes of at least 4 members (excludes halogenated alkanes) is 28. The Labute approximate surface area is 335 Å². The third-order valence-corrected chi connectivity index (χ3v) is 11.5. The lowest BCUT2D eigenvalue weighted by atomic mass is 10.0. The molecule has 8 nitrogen and oxygen atoms in total. The van der Waals surface area contributed by atoms with Crippen LogP contribution >= 0.6 is 7.82 Å². The van der Waals surface area contributed by atoms with Crippen LogP contribution in [0.3, 0.4) is 0 Å². The van der Waals surface area contributed by atoms with E-state index >= 15 is 0 Å². The predicted octanol–water partition coefficient (Wildman–Crippen LogP) is 12.8. The highest BCUT2D eigenvalue weighted by atomic mass is 31.2. The maximum Gasteiger partial charge on any atom is 0.472 e. The largest absolute Gasteiger partial charge is 0.472 e. The first-order valence-electron chi connectivity index (χ1n) is 23.1. The van der Waals surface area contributed by atoms with Crippen LogP contribution in [0, 0.1) is 0 Å². The summed E-state index contributed by atoms with van der Waals surface area (Å²) in [5.74, 6) is -0.164. The van der Waals surface area contributed by atoms with E-state index in [2.05, 4.69) is 25.2 Å². The molecular weight excluding hydrogens is 695 g/mol. The van der Waals surface area contributed by atoms with Gasteiger partial charge in [-0.25, -0.2) is 4.57 Å². The zero-order valence-corrected chi connectivity index (χ0v) is 37.4. The van der Waals surface area contributed by atoms with Crippen LogP contribution in [0.25, 0.3) is 0 Å². The summed E-state index contributed by atoms with van der Waals surface area (Å²) in [4.78, 5) is 23.1. The van der Waals surface area contributed by atoms with Gasteiger partial charge in [-0.15, -0.1) is 0 Å². The number of aliphatic hydroxyl groups excluding tert-OH is 1. The molecule has 0 spiro atoms. The molecule has 322 valence electrons. The molecule has 1 amide bonds. The molecule has 0 aliphatic rings. The fraction of sp³-hybridized carbons (Fsp3) is 0.933. The standard InChI is InChI=1S/C45H91N2O6P/c1-6-8-10-12-14-16-18-20-21-22-23-24-25-27-29-31-33-35-37-39-45(49)46-43(42-53-54(50,51)52-41-40-47(3,4)5)44(48)38-36-34-32-30-28-26-19-17-15-13-11-9-7-2/h34,36,43-44,48H,6-33,35,37-42H2,1-5H3,(H-,46,49,50,51)/p+1/t43-,44+/m0/s1.